The standard InChI is InChI=1S/C37H35Cl2N5O2/c1-22-8-4-10-24-20-28-30(38)14-12-26(34(28)42-32(22)24)36(45)40-16-6-18-44(3)19-7-17-41-37(46)27-13-15-31(39)29-21-25-11-5-9-23(2)33(25)43-35(27)29/h4-5,8-15,20-21H,6-7,16-19H2,1-3H3,(H,40,45)(H,41,46). The number of amides is 2. The van der Waals surface area contributed by atoms with Gasteiger partial charge in [0, 0.05) is 34.6 Å². The Morgan fingerprint density at radius 1 is 0.652 bits per heavy atom. The Kier molecular flexibility index (Phi) is 9.36. The van der Waals surface area contributed by atoms with Crippen molar-refractivity contribution in [3.63, 3.8) is 0 Å². The predicted octanol–water partition coefficient (Wildman–Crippen LogP) is 7.88. The average Bonchev–Trinajstić information content (AvgIpc) is 3.05. The molecule has 0 spiro atoms. The number of carbonyl (C=O) groups is 2. The molecule has 0 radical (unpaired) electrons. The molecule has 2 aromatic heterocycles. The van der Waals surface area contributed by atoms with E-state index < -0.39 is 0 Å². The lowest BCUT2D eigenvalue weighted by atomic mass is 10.0. The molecule has 6 rings (SSSR count). The highest BCUT2D eigenvalue weighted by Crippen LogP contribution is 2.31. The van der Waals surface area contributed by atoms with Crippen LogP contribution in [0.15, 0.2) is 72.8 Å². The zero-order chi connectivity index (χ0) is 32.4. The van der Waals surface area contributed by atoms with Crippen molar-refractivity contribution in [1.82, 2.24) is 25.5 Å². The van der Waals surface area contributed by atoms with Gasteiger partial charge in [-0.05, 0) is 94.4 Å². The van der Waals surface area contributed by atoms with Crippen molar-refractivity contribution in [1.29, 1.82) is 0 Å². The summed E-state index contributed by atoms with van der Waals surface area (Å²) in [4.78, 5) is 38.2. The van der Waals surface area contributed by atoms with Crippen molar-refractivity contribution < 1.29 is 9.59 Å². The number of nitrogens with one attached hydrogen (secondary N) is 2. The maximum absolute atomic E-state index is 13.1. The second kappa shape index (κ2) is 13.6. The number of para-hydroxylation sites is 2. The van der Waals surface area contributed by atoms with Crippen LogP contribution in [0.4, 0.5) is 0 Å². The van der Waals surface area contributed by atoms with E-state index in [1.165, 1.54) is 0 Å². The number of benzene rings is 4. The first-order chi connectivity index (χ1) is 22.2. The van der Waals surface area contributed by atoms with E-state index >= 15 is 0 Å². The van der Waals surface area contributed by atoms with E-state index in [1.807, 2.05) is 69.4 Å². The fourth-order valence-electron chi connectivity index (χ4n) is 5.89. The van der Waals surface area contributed by atoms with Crippen molar-refractivity contribution in [2.45, 2.75) is 26.7 Å². The van der Waals surface area contributed by atoms with Gasteiger partial charge in [0.05, 0.1) is 43.2 Å². The summed E-state index contributed by atoms with van der Waals surface area (Å²) < 4.78 is 0. The number of pyridine rings is 2. The van der Waals surface area contributed by atoms with Gasteiger partial charge in [-0.15, -0.1) is 0 Å². The van der Waals surface area contributed by atoms with Crippen LogP contribution in [0.1, 0.15) is 44.7 Å². The molecular weight excluding hydrogens is 617 g/mol. The Morgan fingerprint density at radius 2 is 1.09 bits per heavy atom. The summed E-state index contributed by atoms with van der Waals surface area (Å²) in [6.07, 6.45) is 1.57. The lowest BCUT2D eigenvalue weighted by molar-refractivity contribution is 0.0947. The summed E-state index contributed by atoms with van der Waals surface area (Å²) in [5, 5.41) is 10.7. The fourth-order valence-corrected chi connectivity index (χ4v) is 6.30. The Bertz CT molecular complexity index is 1980. The van der Waals surface area contributed by atoms with Gasteiger partial charge in [0.1, 0.15) is 0 Å². The molecule has 7 nitrogen and oxygen atoms in total. The normalized spacial score (nSPS) is 11.6. The van der Waals surface area contributed by atoms with E-state index in [2.05, 4.69) is 15.5 Å². The number of halogens is 2. The molecule has 0 saturated carbocycles. The van der Waals surface area contributed by atoms with Crippen LogP contribution in [-0.2, 0) is 0 Å². The maximum atomic E-state index is 13.1. The number of hydrogen-bond acceptors (Lipinski definition) is 5. The summed E-state index contributed by atoms with van der Waals surface area (Å²) in [6.45, 7) is 6.68. The number of hydrogen-bond donors (Lipinski definition) is 2. The minimum Gasteiger partial charge on any atom is -0.352 e. The number of aryl methyl sites for hydroxylation is 2. The SMILES string of the molecule is Cc1cccc2cc3c(Cl)ccc(C(=O)NCCCN(C)CCCNC(=O)c4ccc(Cl)c5cc6cccc(C)c6nc45)c3nc12. The van der Waals surface area contributed by atoms with Crippen LogP contribution in [0.25, 0.3) is 43.6 Å². The first kappa shape index (κ1) is 31.7. The monoisotopic (exact) mass is 651 g/mol. The van der Waals surface area contributed by atoms with Crippen molar-refractivity contribution >= 4 is 78.6 Å². The fraction of sp³-hybridized carbons (Fsp3) is 0.243. The maximum Gasteiger partial charge on any atom is 0.253 e. The molecular formula is C37H35Cl2N5O2. The lowest BCUT2D eigenvalue weighted by Gasteiger charge is -2.17. The van der Waals surface area contributed by atoms with Crippen molar-refractivity contribution in [3.05, 3.63) is 105 Å². The Morgan fingerprint density at radius 3 is 1.52 bits per heavy atom. The predicted molar refractivity (Wildman–Crippen MR) is 189 cm³/mol. The quantitative estimate of drug-likeness (QED) is 0.116. The zero-order valence-electron chi connectivity index (χ0n) is 26.1. The zero-order valence-corrected chi connectivity index (χ0v) is 27.6. The first-order valence-electron chi connectivity index (χ1n) is 15.4. The number of aromatic nitrogens is 2. The molecule has 0 aliphatic heterocycles. The van der Waals surface area contributed by atoms with Crippen LogP contribution in [0, 0.1) is 13.8 Å². The number of carbonyl (C=O) groups excluding carboxylic acids is 2. The highest BCUT2D eigenvalue weighted by molar-refractivity contribution is 6.37. The van der Waals surface area contributed by atoms with Gasteiger partial charge in [0.15, 0.2) is 0 Å². The van der Waals surface area contributed by atoms with E-state index in [9.17, 15) is 9.59 Å². The Hall–Kier alpha value is -4.30. The smallest absolute Gasteiger partial charge is 0.253 e. The van der Waals surface area contributed by atoms with Gasteiger partial charge in [-0.1, -0.05) is 59.6 Å². The van der Waals surface area contributed by atoms with Gasteiger partial charge in [-0.25, -0.2) is 9.97 Å². The first-order valence-corrected chi connectivity index (χ1v) is 16.2. The van der Waals surface area contributed by atoms with Crippen molar-refractivity contribution in [2.24, 2.45) is 0 Å². The van der Waals surface area contributed by atoms with Gasteiger partial charge >= 0.3 is 0 Å². The summed E-state index contributed by atoms with van der Waals surface area (Å²) in [6, 6.07) is 23.0. The second-order valence-electron chi connectivity index (χ2n) is 11.8. The molecule has 0 saturated heterocycles. The minimum atomic E-state index is -0.167. The molecule has 4 aromatic carbocycles. The molecule has 0 fully saturated rings. The van der Waals surface area contributed by atoms with E-state index in [4.69, 9.17) is 33.2 Å². The van der Waals surface area contributed by atoms with Crippen LogP contribution in [0.3, 0.4) is 0 Å². The molecule has 0 aliphatic carbocycles. The third-order valence-electron chi connectivity index (χ3n) is 8.41. The molecule has 0 atom stereocenters. The Labute approximate surface area is 277 Å². The van der Waals surface area contributed by atoms with E-state index in [-0.39, 0.29) is 11.8 Å². The van der Waals surface area contributed by atoms with Crippen molar-refractivity contribution in [3.8, 4) is 0 Å². The van der Waals surface area contributed by atoms with E-state index in [1.54, 1.807) is 24.3 Å². The molecule has 0 unspecified atom stereocenters. The lowest BCUT2D eigenvalue weighted by Crippen LogP contribution is -2.31. The highest BCUT2D eigenvalue weighted by atomic mass is 35.5. The average molecular weight is 653 g/mol. The molecule has 9 heteroatoms. The van der Waals surface area contributed by atoms with E-state index in [0.717, 1.165) is 69.6 Å². The van der Waals surface area contributed by atoms with Gasteiger partial charge in [0.25, 0.3) is 11.8 Å². The topological polar surface area (TPSA) is 87.2 Å². The molecule has 2 heterocycles. The van der Waals surface area contributed by atoms with Gasteiger partial charge in [0.2, 0.25) is 0 Å². The third-order valence-corrected chi connectivity index (χ3v) is 9.07. The summed E-state index contributed by atoms with van der Waals surface area (Å²) in [7, 11) is 2.04. The molecule has 234 valence electrons. The third kappa shape index (κ3) is 6.49. The van der Waals surface area contributed by atoms with Crippen LogP contribution in [0.2, 0.25) is 10.0 Å². The molecule has 6 aromatic rings. The number of nitrogens with zero attached hydrogens (tertiary/aromatic N) is 3. The van der Waals surface area contributed by atoms with Gasteiger partial charge in [-0.2, -0.15) is 0 Å². The molecule has 2 N–H and O–H groups in total. The molecule has 0 bridgehead atoms. The summed E-state index contributed by atoms with van der Waals surface area (Å²) >= 11 is 13.0. The minimum absolute atomic E-state index is 0.167. The largest absolute Gasteiger partial charge is 0.352 e. The summed E-state index contributed by atoms with van der Waals surface area (Å²) in [5.41, 5.74) is 6.08. The van der Waals surface area contributed by atoms with Crippen molar-refractivity contribution in [2.75, 3.05) is 33.2 Å². The van der Waals surface area contributed by atoms with Gasteiger partial charge < -0.3 is 15.5 Å². The second-order valence-corrected chi connectivity index (χ2v) is 12.6. The van der Waals surface area contributed by atoms with E-state index in [0.29, 0.717) is 45.3 Å². The van der Waals surface area contributed by atoms with Gasteiger partial charge in [-0.3, -0.25) is 9.59 Å². The molecule has 46 heavy (non-hydrogen) atoms. The number of fused-ring (bicyclic) bond motifs is 4. The van der Waals surface area contributed by atoms with Crippen LogP contribution in [0.5, 0.6) is 0 Å². The Balaban J connectivity index is 0.993. The van der Waals surface area contributed by atoms with Crippen LogP contribution >= 0.6 is 23.2 Å². The van der Waals surface area contributed by atoms with Crippen LogP contribution in [-0.4, -0.2) is 59.9 Å². The number of rotatable bonds is 10. The molecule has 2 amide bonds. The highest BCUT2D eigenvalue weighted by Gasteiger charge is 2.16. The summed E-state index contributed by atoms with van der Waals surface area (Å²) in [5.74, 6) is -0.334. The molecule has 0 aliphatic rings. The van der Waals surface area contributed by atoms with Crippen LogP contribution < -0.4 is 10.6 Å².